The summed E-state index contributed by atoms with van der Waals surface area (Å²) in [6.45, 7) is 2.81. The van der Waals surface area contributed by atoms with Gasteiger partial charge in [-0.3, -0.25) is 9.59 Å². The first kappa shape index (κ1) is 19.3. The number of hydrogen-bond donors (Lipinski definition) is 0. The molecule has 2 aromatic heterocycles. The Kier molecular flexibility index (Phi) is 5.71. The van der Waals surface area contributed by atoms with Crippen LogP contribution < -0.4 is 0 Å². The van der Waals surface area contributed by atoms with Crippen LogP contribution in [0.5, 0.6) is 0 Å². The van der Waals surface area contributed by atoms with Crippen molar-refractivity contribution in [2.45, 2.75) is 25.9 Å². The van der Waals surface area contributed by atoms with Gasteiger partial charge in [0.05, 0.1) is 10.8 Å². The van der Waals surface area contributed by atoms with Gasteiger partial charge < -0.3 is 14.1 Å². The molecule has 150 valence electrons. The maximum atomic E-state index is 12.6. The summed E-state index contributed by atoms with van der Waals surface area (Å²) in [5, 5.41) is 9.93. The predicted octanol–water partition coefficient (Wildman–Crippen LogP) is 3.95. The van der Waals surface area contributed by atoms with Crippen LogP contribution in [-0.2, 0) is 9.53 Å². The number of likely N-dealkylation sites (tertiary alicyclic amines) is 1. The molecule has 3 aromatic rings. The normalized spacial score (nSPS) is 15.8. The molecule has 0 bridgehead atoms. The molecule has 4 rings (SSSR count). The van der Waals surface area contributed by atoms with Crippen molar-refractivity contribution in [1.29, 1.82) is 0 Å². The van der Waals surface area contributed by atoms with Crippen LogP contribution in [0.2, 0.25) is 0 Å². The molecule has 1 fully saturated rings. The molecule has 1 aliphatic rings. The van der Waals surface area contributed by atoms with Gasteiger partial charge in [-0.25, -0.2) is 0 Å². The monoisotopic (exact) mass is 411 g/mol. The van der Waals surface area contributed by atoms with Crippen molar-refractivity contribution in [3.8, 4) is 11.5 Å². The largest absolute Gasteiger partial charge is 0.452 e. The standard InChI is InChI=1S/C21H21N3O4S/c1-14(18-22-23-19(28-18)15-6-3-2-4-7-15)27-21(26)16-9-11-24(12-10-16)20(25)17-8-5-13-29-17/h2-8,13-14,16H,9-12H2,1H3/t14-/m1/s1. The number of piperidine rings is 1. The summed E-state index contributed by atoms with van der Waals surface area (Å²) in [5.74, 6) is 0.160. The van der Waals surface area contributed by atoms with Gasteiger partial charge in [0, 0.05) is 18.7 Å². The minimum Gasteiger partial charge on any atom is -0.452 e. The molecule has 8 heteroatoms. The van der Waals surface area contributed by atoms with Crippen LogP contribution in [-0.4, -0.2) is 40.1 Å². The van der Waals surface area contributed by atoms with Gasteiger partial charge in [0.15, 0.2) is 6.10 Å². The van der Waals surface area contributed by atoms with E-state index in [9.17, 15) is 9.59 Å². The molecule has 7 nitrogen and oxygen atoms in total. The van der Waals surface area contributed by atoms with E-state index in [-0.39, 0.29) is 23.7 Å². The second kappa shape index (κ2) is 8.57. The van der Waals surface area contributed by atoms with E-state index >= 15 is 0 Å². The number of nitrogens with zero attached hydrogens (tertiary/aromatic N) is 3. The van der Waals surface area contributed by atoms with Gasteiger partial charge in [0.2, 0.25) is 5.89 Å². The van der Waals surface area contributed by atoms with Crippen LogP contribution in [0.4, 0.5) is 0 Å². The SMILES string of the molecule is C[C@@H](OC(=O)C1CCN(C(=O)c2cccs2)CC1)c1nnc(-c2ccccc2)o1. The zero-order valence-corrected chi connectivity index (χ0v) is 16.8. The molecule has 0 aliphatic carbocycles. The minimum absolute atomic E-state index is 0.0273. The number of benzene rings is 1. The highest BCUT2D eigenvalue weighted by molar-refractivity contribution is 7.12. The van der Waals surface area contributed by atoms with Crippen molar-refractivity contribution in [3.63, 3.8) is 0 Å². The third-order valence-corrected chi connectivity index (χ3v) is 5.81. The van der Waals surface area contributed by atoms with Crippen molar-refractivity contribution in [3.05, 3.63) is 58.6 Å². The van der Waals surface area contributed by atoms with Gasteiger partial charge >= 0.3 is 5.97 Å². The van der Waals surface area contributed by atoms with Crippen molar-refractivity contribution >= 4 is 23.2 Å². The Balaban J connectivity index is 1.31. The van der Waals surface area contributed by atoms with Crippen LogP contribution in [0.1, 0.15) is 41.4 Å². The van der Waals surface area contributed by atoms with Gasteiger partial charge in [0.25, 0.3) is 11.8 Å². The van der Waals surface area contributed by atoms with Gasteiger partial charge in [0.1, 0.15) is 0 Å². The van der Waals surface area contributed by atoms with Crippen LogP contribution >= 0.6 is 11.3 Å². The molecule has 0 unspecified atom stereocenters. The lowest BCUT2D eigenvalue weighted by atomic mass is 9.97. The highest BCUT2D eigenvalue weighted by Gasteiger charge is 2.31. The van der Waals surface area contributed by atoms with Crippen LogP contribution in [0.3, 0.4) is 0 Å². The maximum absolute atomic E-state index is 12.6. The molecule has 1 atom stereocenters. The number of aromatic nitrogens is 2. The van der Waals surface area contributed by atoms with E-state index in [1.165, 1.54) is 11.3 Å². The molecular weight excluding hydrogens is 390 g/mol. The summed E-state index contributed by atoms with van der Waals surface area (Å²) in [7, 11) is 0. The summed E-state index contributed by atoms with van der Waals surface area (Å²) in [6, 6.07) is 13.1. The number of esters is 1. The average Bonchev–Trinajstić information content (AvgIpc) is 3.46. The zero-order chi connectivity index (χ0) is 20.2. The third kappa shape index (κ3) is 4.37. The van der Waals surface area contributed by atoms with Crippen LogP contribution in [0, 0.1) is 5.92 Å². The van der Waals surface area contributed by atoms with Crippen LogP contribution in [0.15, 0.2) is 52.3 Å². The lowest BCUT2D eigenvalue weighted by molar-refractivity contribution is -0.156. The lowest BCUT2D eigenvalue weighted by Crippen LogP contribution is -2.40. The highest BCUT2D eigenvalue weighted by Crippen LogP contribution is 2.26. The fourth-order valence-electron chi connectivity index (χ4n) is 3.29. The second-order valence-corrected chi connectivity index (χ2v) is 7.88. The number of rotatable bonds is 5. The molecule has 0 saturated carbocycles. The van der Waals surface area contributed by atoms with E-state index < -0.39 is 6.10 Å². The Morgan fingerprint density at radius 1 is 1.14 bits per heavy atom. The van der Waals surface area contributed by atoms with E-state index in [0.717, 1.165) is 10.4 Å². The van der Waals surface area contributed by atoms with Crippen molar-refractivity contribution in [1.82, 2.24) is 15.1 Å². The maximum Gasteiger partial charge on any atom is 0.309 e. The summed E-state index contributed by atoms with van der Waals surface area (Å²) < 4.78 is 11.2. The van der Waals surface area contributed by atoms with Gasteiger partial charge in [-0.2, -0.15) is 0 Å². The number of carbonyl (C=O) groups is 2. The first-order valence-corrected chi connectivity index (χ1v) is 10.4. The minimum atomic E-state index is -0.627. The van der Waals surface area contributed by atoms with Gasteiger partial charge in [-0.15, -0.1) is 21.5 Å². The molecule has 3 heterocycles. The molecule has 0 radical (unpaired) electrons. The molecular formula is C21H21N3O4S. The van der Waals surface area contributed by atoms with E-state index in [4.69, 9.17) is 9.15 Å². The fourth-order valence-corrected chi connectivity index (χ4v) is 3.98. The molecule has 1 aliphatic heterocycles. The Morgan fingerprint density at radius 3 is 2.59 bits per heavy atom. The van der Waals surface area contributed by atoms with Gasteiger partial charge in [-0.05, 0) is 43.3 Å². The number of ether oxygens (including phenoxy) is 1. The van der Waals surface area contributed by atoms with E-state index in [1.54, 1.807) is 11.8 Å². The Bertz CT molecular complexity index is 963. The van der Waals surface area contributed by atoms with Gasteiger partial charge in [-0.1, -0.05) is 24.3 Å². The Morgan fingerprint density at radius 2 is 1.90 bits per heavy atom. The highest BCUT2D eigenvalue weighted by atomic mass is 32.1. The quantitative estimate of drug-likeness (QED) is 0.591. The van der Waals surface area contributed by atoms with Crippen LogP contribution in [0.25, 0.3) is 11.5 Å². The van der Waals surface area contributed by atoms with E-state index in [0.29, 0.717) is 31.8 Å². The van der Waals surface area contributed by atoms with Crippen molar-refractivity contribution in [2.24, 2.45) is 5.92 Å². The Hall–Kier alpha value is -3.00. The molecule has 1 aromatic carbocycles. The second-order valence-electron chi connectivity index (χ2n) is 6.93. The molecule has 29 heavy (non-hydrogen) atoms. The zero-order valence-electron chi connectivity index (χ0n) is 16.0. The number of amides is 1. The van der Waals surface area contributed by atoms with E-state index in [1.807, 2.05) is 47.8 Å². The van der Waals surface area contributed by atoms with Crippen molar-refractivity contribution < 1.29 is 18.7 Å². The number of thiophene rings is 1. The van der Waals surface area contributed by atoms with Crippen molar-refractivity contribution in [2.75, 3.05) is 13.1 Å². The third-order valence-electron chi connectivity index (χ3n) is 4.95. The lowest BCUT2D eigenvalue weighted by Gasteiger charge is -2.31. The Labute approximate surface area is 172 Å². The summed E-state index contributed by atoms with van der Waals surface area (Å²) in [4.78, 5) is 27.5. The molecule has 1 amide bonds. The molecule has 0 N–H and O–H groups in total. The summed E-state index contributed by atoms with van der Waals surface area (Å²) >= 11 is 1.43. The summed E-state index contributed by atoms with van der Waals surface area (Å²) in [6.07, 6.45) is 0.544. The fraction of sp³-hybridized carbons (Fsp3) is 0.333. The first-order chi connectivity index (χ1) is 14.1. The number of hydrogen-bond acceptors (Lipinski definition) is 7. The topological polar surface area (TPSA) is 85.5 Å². The predicted molar refractivity (Wildman–Crippen MR) is 107 cm³/mol. The summed E-state index contributed by atoms with van der Waals surface area (Å²) in [5.41, 5.74) is 0.813. The smallest absolute Gasteiger partial charge is 0.309 e. The number of carbonyl (C=O) groups excluding carboxylic acids is 2. The first-order valence-electron chi connectivity index (χ1n) is 9.54. The molecule has 0 spiro atoms. The average molecular weight is 411 g/mol. The molecule has 1 saturated heterocycles. The van der Waals surface area contributed by atoms with E-state index in [2.05, 4.69) is 10.2 Å².